The number of hydrogen-bond donors (Lipinski definition) is 1. The molecule has 1 N–H and O–H groups in total. The topological polar surface area (TPSA) is 26.7 Å². The smallest absolute Gasteiger partial charge is 0.115 e. The molecule has 1 aliphatic heterocycles. The minimum atomic E-state index is 0.300. The number of anilines is 2. The number of para-hydroxylation sites is 2. The number of piperidine rings is 1. The van der Waals surface area contributed by atoms with Gasteiger partial charge in [0.15, 0.2) is 0 Å². The van der Waals surface area contributed by atoms with Crippen molar-refractivity contribution in [2.24, 2.45) is 0 Å². The summed E-state index contributed by atoms with van der Waals surface area (Å²) >= 11 is 0. The molecule has 1 saturated heterocycles. The summed E-state index contributed by atoms with van der Waals surface area (Å²) in [6.07, 6.45) is 6.19. The Balaban J connectivity index is 1.66. The third kappa shape index (κ3) is 4.99. The Morgan fingerprint density at radius 3 is 1.83 bits per heavy atom. The normalized spacial score (nSPS) is 15.7. The van der Waals surface area contributed by atoms with Crippen LogP contribution >= 0.6 is 0 Å². The summed E-state index contributed by atoms with van der Waals surface area (Å²) in [5.41, 5.74) is 3.74. The van der Waals surface area contributed by atoms with Crippen molar-refractivity contribution < 1.29 is 5.11 Å². The predicted octanol–water partition coefficient (Wildman–Crippen LogP) is 5.98. The lowest BCUT2D eigenvalue weighted by atomic mass is 10.0. The second-order valence-electron chi connectivity index (χ2n) is 7.82. The van der Waals surface area contributed by atoms with Gasteiger partial charge in [0.05, 0.1) is 6.17 Å². The van der Waals surface area contributed by atoms with E-state index in [0.717, 1.165) is 25.9 Å². The lowest BCUT2D eigenvalue weighted by Gasteiger charge is -2.43. The maximum Gasteiger partial charge on any atom is 0.115 e. The molecule has 0 bridgehead atoms. The quantitative estimate of drug-likeness (QED) is 0.541. The summed E-state index contributed by atoms with van der Waals surface area (Å²) in [7, 11) is 0. The minimum absolute atomic E-state index is 0.300. The third-order valence-corrected chi connectivity index (χ3v) is 5.81. The number of aromatic hydroxyl groups is 1. The van der Waals surface area contributed by atoms with Crippen molar-refractivity contribution in [2.75, 3.05) is 18.0 Å². The molecule has 3 aromatic carbocycles. The van der Waals surface area contributed by atoms with Crippen LogP contribution in [0.3, 0.4) is 0 Å². The zero-order chi connectivity index (χ0) is 19.9. The van der Waals surface area contributed by atoms with Crippen LogP contribution < -0.4 is 4.90 Å². The second kappa shape index (κ2) is 9.62. The molecule has 1 unspecified atom stereocenters. The SMILES string of the molecule is Oc1ccc(CCC(N2CCCCC2)N(c2ccccc2)c2ccccc2)cc1. The van der Waals surface area contributed by atoms with Crippen LogP contribution in [0.1, 0.15) is 31.2 Å². The summed E-state index contributed by atoms with van der Waals surface area (Å²) in [5, 5.41) is 9.61. The van der Waals surface area contributed by atoms with E-state index in [1.807, 2.05) is 12.1 Å². The largest absolute Gasteiger partial charge is 0.508 e. The van der Waals surface area contributed by atoms with Gasteiger partial charge in [0.1, 0.15) is 5.75 Å². The molecule has 3 heteroatoms. The van der Waals surface area contributed by atoms with Crippen molar-refractivity contribution in [3.8, 4) is 5.75 Å². The van der Waals surface area contributed by atoms with Gasteiger partial charge >= 0.3 is 0 Å². The molecule has 3 aromatic rings. The van der Waals surface area contributed by atoms with Crippen LogP contribution in [0.4, 0.5) is 11.4 Å². The van der Waals surface area contributed by atoms with Crippen LogP contribution in [0.15, 0.2) is 84.9 Å². The first-order chi connectivity index (χ1) is 14.3. The Morgan fingerprint density at radius 1 is 0.724 bits per heavy atom. The molecule has 150 valence electrons. The molecular weight excluding hydrogens is 356 g/mol. The second-order valence-corrected chi connectivity index (χ2v) is 7.82. The Bertz CT molecular complexity index is 819. The molecule has 1 fully saturated rings. The highest BCUT2D eigenvalue weighted by Gasteiger charge is 2.27. The standard InChI is InChI=1S/C26H30N2O/c29-25-17-14-22(15-18-25)16-19-26(27-20-8-3-9-21-27)28(23-10-4-1-5-11-23)24-12-6-2-7-13-24/h1-2,4-7,10-15,17-18,26,29H,3,8-9,16,19-21H2. The summed E-state index contributed by atoms with van der Waals surface area (Å²) in [4.78, 5) is 5.16. The number of nitrogens with zero attached hydrogens (tertiary/aromatic N) is 2. The highest BCUT2D eigenvalue weighted by molar-refractivity contribution is 5.63. The fourth-order valence-electron chi connectivity index (χ4n) is 4.32. The molecule has 0 amide bonds. The van der Waals surface area contributed by atoms with Crippen LogP contribution in [-0.2, 0) is 6.42 Å². The molecule has 0 radical (unpaired) electrons. The zero-order valence-corrected chi connectivity index (χ0v) is 17.0. The lowest BCUT2D eigenvalue weighted by Crippen LogP contribution is -2.49. The highest BCUT2D eigenvalue weighted by Crippen LogP contribution is 2.32. The van der Waals surface area contributed by atoms with Gasteiger partial charge in [-0.3, -0.25) is 4.90 Å². The van der Waals surface area contributed by atoms with Gasteiger partial charge in [0.25, 0.3) is 0 Å². The molecule has 1 atom stereocenters. The number of hydrogen-bond acceptors (Lipinski definition) is 3. The molecule has 29 heavy (non-hydrogen) atoms. The highest BCUT2D eigenvalue weighted by atomic mass is 16.3. The fraction of sp³-hybridized carbons (Fsp3) is 0.308. The maximum atomic E-state index is 9.61. The minimum Gasteiger partial charge on any atom is -0.508 e. The van der Waals surface area contributed by atoms with E-state index in [1.54, 1.807) is 12.1 Å². The first-order valence-electron chi connectivity index (χ1n) is 10.7. The van der Waals surface area contributed by atoms with E-state index in [1.165, 1.54) is 36.2 Å². The molecule has 3 nitrogen and oxygen atoms in total. The van der Waals surface area contributed by atoms with E-state index >= 15 is 0 Å². The Morgan fingerprint density at radius 2 is 1.28 bits per heavy atom. The van der Waals surface area contributed by atoms with Crippen LogP contribution in [-0.4, -0.2) is 29.3 Å². The molecule has 1 heterocycles. The summed E-state index contributed by atoms with van der Waals surface area (Å²) in [6, 6.07) is 29.2. The number of rotatable bonds is 7. The molecular formula is C26H30N2O. The van der Waals surface area contributed by atoms with Crippen LogP contribution in [0.25, 0.3) is 0 Å². The molecule has 0 spiro atoms. The van der Waals surface area contributed by atoms with Gasteiger partial charge in [-0.2, -0.15) is 0 Å². The van der Waals surface area contributed by atoms with Gasteiger partial charge in [-0.25, -0.2) is 0 Å². The van der Waals surface area contributed by atoms with Crippen LogP contribution in [0, 0.1) is 0 Å². The fourth-order valence-corrected chi connectivity index (χ4v) is 4.32. The Hall–Kier alpha value is -2.78. The molecule has 0 aliphatic carbocycles. The van der Waals surface area contributed by atoms with Gasteiger partial charge < -0.3 is 10.0 Å². The van der Waals surface area contributed by atoms with Gasteiger partial charge in [0, 0.05) is 24.5 Å². The first-order valence-corrected chi connectivity index (χ1v) is 10.7. The van der Waals surface area contributed by atoms with Crippen molar-refractivity contribution in [2.45, 2.75) is 38.3 Å². The van der Waals surface area contributed by atoms with Crippen molar-refractivity contribution >= 4 is 11.4 Å². The van der Waals surface area contributed by atoms with E-state index < -0.39 is 0 Å². The summed E-state index contributed by atoms with van der Waals surface area (Å²) < 4.78 is 0. The van der Waals surface area contributed by atoms with Gasteiger partial charge in [-0.15, -0.1) is 0 Å². The average molecular weight is 387 g/mol. The van der Waals surface area contributed by atoms with E-state index in [-0.39, 0.29) is 0 Å². The third-order valence-electron chi connectivity index (χ3n) is 5.81. The van der Waals surface area contributed by atoms with Crippen LogP contribution in [0.5, 0.6) is 5.75 Å². The molecule has 0 aromatic heterocycles. The maximum absolute atomic E-state index is 9.61. The number of phenolic OH excluding ortho intramolecular Hbond substituents is 1. The van der Waals surface area contributed by atoms with E-state index in [4.69, 9.17) is 0 Å². The Labute approximate surface area is 174 Å². The van der Waals surface area contributed by atoms with Gasteiger partial charge in [-0.05, 0) is 67.6 Å². The van der Waals surface area contributed by atoms with E-state index in [9.17, 15) is 5.11 Å². The molecule has 4 rings (SSSR count). The van der Waals surface area contributed by atoms with Crippen molar-refractivity contribution in [1.29, 1.82) is 0 Å². The first kappa shape index (κ1) is 19.5. The van der Waals surface area contributed by atoms with E-state index in [0.29, 0.717) is 11.9 Å². The number of phenols is 1. The van der Waals surface area contributed by atoms with E-state index in [2.05, 4.69) is 70.5 Å². The van der Waals surface area contributed by atoms with Gasteiger partial charge in [0.2, 0.25) is 0 Å². The van der Waals surface area contributed by atoms with Crippen molar-refractivity contribution in [3.05, 3.63) is 90.5 Å². The molecule has 1 aliphatic rings. The predicted molar refractivity (Wildman–Crippen MR) is 121 cm³/mol. The van der Waals surface area contributed by atoms with Crippen molar-refractivity contribution in [3.63, 3.8) is 0 Å². The summed E-state index contributed by atoms with van der Waals surface area (Å²) in [5.74, 6) is 0.330. The van der Waals surface area contributed by atoms with Crippen molar-refractivity contribution in [1.82, 2.24) is 4.90 Å². The summed E-state index contributed by atoms with van der Waals surface area (Å²) in [6.45, 7) is 2.30. The van der Waals surface area contributed by atoms with Gasteiger partial charge in [-0.1, -0.05) is 55.0 Å². The van der Waals surface area contributed by atoms with Crippen LogP contribution in [0.2, 0.25) is 0 Å². The molecule has 0 saturated carbocycles. The number of aryl methyl sites for hydroxylation is 1. The Kier molecular flexibility index (Phi) is 6.48. The number of likely N-dealkylation sites (tertiary alicyclic amines) is 1. The monoisotopic (exact) mass is 386 g/mol. The number of benzene rings is 3. The average Bonchev–Trinajstić information content (AvgIpc) is 2.79. The lowest BCUT2D eigenvalue weighted by molar-refractivity contribution is 0.158. The zero-order valence-electron chi connectivity index (χ0n) is 17.0.